The predicted octanol–water partition coefficient (Wildman–Crippen LogP) is 1.81. The SMILES string of the molecule is CCNc1ccc(C(=O)Nc2cn(C)nc2C)cn1. The molecule has 1 amide bonds. The minimum absolute atomic E-state index is 0.188. The maximum absolute atomic E-state index is 12.0. The lowest BCUT2D eigenvalue weighted by Gasteiger charge is -2.05. The molecule has 0 aliphatic carbocycles. The van der Waals surface area contributed by atoms with Gasteiger partial charge in [0, 0.05) is 26.0 Å². The Kier molecular flexibility index (Phi) is 3.79. The molecule has 2 aromatic heterocycles. The quantitative estimate of drug-likeness (QED) is 0.878. The van der Waals surface area contributed by atoms with Crippen LogP contribution in [0.5, 0.6) is 0 Å². The van der Waals surface area contributed by atoms with Gasteiger partial charge in [0.05, 0.1) is 16.9 Å². The molecule has 2 aromatic rings. The molecule has 100 valence electrons. The molecule has 0 fully saturated rings. The summed E-state index contributed by atoms with van der Waals surface area (Å²) in [5.41, 5.74) is 2.02. The van der Waals surface area contributed by atoms with Gasteiger partial charge >= 0.3 is 0 Å². The van der Waals surface area contributed by atoms with Crippen LogP contribution in [0, 0.1) is 6.92 Å². The van der Waals surface area contributed by atoms with Gasteiger partial charge in [-0.1, -0.05) is 0 Å². The molecule has 0 saturated heterocycles. The van der Waals surface area contributed by atoms with Crippen LogP contribution in [0.3, 0.4) is 0 Å². The van der Waals surface area contributed by atoms with E-state index in [0.717, 1.165) is 18.1 Å². The maximum Gasteiger partial charge on any atom is 0.257 e. The summed E-state index contributed by atoms with van der Waals surface area (Å²) in [6.07, 6.45) is 3.33. The molecule has 6 heteroatoms. The van der Waals surface area contributed by atoms with Crippen LogP contribution in [0.2, 0.25) is 0 Å². The van der Waals surface area contributed by atoms with Gasteiger partial charge in [-0.3, -0.25) is 9.48 Å². The average Bonchev–Trinajstić information content (AvgIpc) is 2.69. The second kappa shape index (κ2) is 5.51. The Labute approximate surface area is 111 Å². The first-order valence-corrected chi connectivity index (χ1v) is 6.11. The Hall–Kier alpha value is -2.37. The van der Waals surface area contributed by atoms with Crippen molar-refractivity contribution in [2.45, 2.75) is 13.8 Å². The molecule has 0 saturated carbocycles. The minimum Gasteiger partial charge on any atom is -0.370 e. The van der Waals surface area contributed by atoms with Crippen molar-refractivity contribution >= 4 is 17.4 Å². The Morgan fingerprint density at radius 2 is 2.21 bits per heavy atom. The molecule has 0 spiro atoms. The van der Waals surface area contributed by atoms with Gasteiger partial charge in [0.2, 0.25) is 0 Å². The summed E-state index contributed by atoms with van der Waals surface area (Å²) in [5, 5.41) is 10.1. The van der Waals surface area contributed by atoms with E-state index in [-0.39, 0.29) is 5.91 Å². The van der Waals surface area contributed by atoms with Crippen LogP contribution in [0.4, 0.5) is 11.5 Å². The molecule has 19 heavy (non-hydrogen) atoms. The number of carbonyl (C=O) groups is 1. The normalized spacial score (nSPS) is 10.3. The van der Waals surface area contributed by atoms with Gasteiger partial charge < -0.3 is 10.6 Å². The maximum atomic E-state index is 12.0. The second-order valence-electron chi connectivity index (χ2n) is 4.22. The molecular weight excluding hydrogens is 242 g/mol. The molecule has 2 rings (SSSR count). The van der Waals surface area contributed by atoms with E-state index < -0.39 is 0 Å². The van der Waals surface area contributed by atoms with Gasteiger partial charge in [-0.25, -0.2) is 4.98 Å². The number of nitrogens with zero attached hydrogens (tertiary/aromatic N) is 3. The molecule has 0 unspecified atom stereocenters. The van der Waals surface area contributed by atoms with Crippen molar-refractivity contribution < 1.29 is 4.79 Å². The Bertz CT molecular complexity index is 573. The van der Waals surface area contributed by atoms with Crippen molar-refractivity contribution in [3.8, 4) is 0 Å². The fourth-order valence-corrected chi connectivity index (χ4v) is 1.73. The minimum atomic E-state index is -0.188. The van der Waals surface area contributed by atoms with Gasteiger partial charge in [0.25, 0.3) is 5.91 Å². The number of rotatable bonds is 4. The van der Waals surface area contributed by atoms with E-state index in [4.69, 9.17) is 0 Å². The fourth-order valence-electron chi connectivity index (χ4n) is 1.73. The first-order chi connectivity index (χ1) is 9.10. The summed E-state index contributed by atoms with van der Waals surface area (Å²) in [6, 6.07) is 3.53. The van der Waals surface area contributed by atoms with Crippen LogP contribution in [0.15, 0.2) is 24.5 Å². The topological polar surface area (TPSA) is 71.8 Å². The zero-order chi connectivity index (χ0) is 13.8. The van der Waals surface area contributed by atoms with E-state index in [1.807, 2.05) is 20.9 Å². The van der Waals surface area contributed by atoms with Crippen molar-refractivity contribution in [2.75, 3.05) is 17.2 Å². The number of aryl methyl sites for hydroxylation is 2. The molecule has 0 atom stereocenters. The molecule has 0 aromatic carbocycles. The van der Waals surface area contributed by atoms with Gasteiger partial charge in [0.1, 0.15) is 5.82 Å². The van der Waals surface area contributed by atoms with E-state index in [2.05, 4.69) is 20.7 Å². The summed E-state index contributed by atoms with van der Waals surface area (Å²) < 4.78 is 1.66. The van der Waals surface area contributed by atoms with Gasteiger partial charge in [0.15, 0.2) is 0 Å². The van der Waals surface area contributed by atoms with E-state index >= 15 is 0 Å². The van der Waals surface area contributed by atoms with Crippen LogP contribution in [0.25, 0.3) is 0 Å². The zero-order valence-corrected chi connectivity index (χ0v) is 11.3. The second-order valence-corrected chi connectivity index (χ2v) is 4.22. The number of carbonyl (C=O) groups excluding carboxylic acids is 1. The third-order valence-electron chi connectivity index (χ3n) is 2.65. The van der Waals surface area contributed by atoms with E-state index in [1.165, 1.54) is 0 Å². The van der Waals surface area contributed by atoms with Crippen LogP contribution in [-0.2, 0) is 7.05 Å². The van der Waals surface area contributed by atoms with Crippen LogP contribution >= 0.6 is 0 Å². The number of pyridine rings is 1. The van der Waals surface area contributed by atoms with Crippen molar-refractivity contribution in [3.63, 3.8) is 0 Å². The monoisotopic (exact) mass is 259 g/mol. The molecular formula is C13H17N5O. The van der Waals surface area contributed by atoms with Crippen LogP contribution in [0.1, 0.15) is 23.0 Å². The number of anilines is 2. The molecule has 0 radical (unpaired) electrons. The van der Waals surface area contributed by atoms with Crippen molar-refractivity contribution in [1.82, 2.24) is 14.8 Å². The van der Waals surface area contributed by atoms with Crippen molar-refractivity contribution in [3.05, 3.63) is 35.8 Å². The number of hydrogen-bond acceptors (Lipinski definition) is 4. The summed E-state index contributed by atoms with van der Waals surface area (Å²) in [4.78, 5) is 16.2. The van der Waals surface area contributed by atoms with E-state index in [9.17, 15) is 4.79 Å². The summed E-state index contributed by atoms with van der Waals surface area (Å²) in [7, 11) is 1.81. The molecule has 0 bridgehead atoms. The largest absolute Gasteiger partial charge is 0.370 e. The van der Waals surface area contributed by atoms with Gasteiger partial charge in [-0.15, -0.1) is 0 Å². The molecule has 2 heterocycles. The fraction of sp³-hybridized carbons (Fsp3) is 0.308. The lowest BCUT2D eigenvalue weighted by Crippen LogP contribution is -2.12. The molecule has 0 aliphatic heterocycles. The standard InChI is InChI=1S/C13H17N5O/c1-4-14-12-6-5-10(7-15-12)13(19)16-11-8-18(3)17-9(11)2/h5-8H,4H2,1-3H3,(H,14,15)(H,16,19). The number of amides is 1. The summed E-state index contributed by atoms with van der Waals surface area (Å²) >= 11 is 0. The number of aromatic nitrogens is 3. The third-order valence-corrected chi connectivity index (χ3v) is 2.65. The highest BCUT2D eigenvalue weighted by molar-refractivity contribution is 6.04. The molecule has 6 nitrogen and oxygen atoms in total. The highest BCUT2D eigenvalue weighted by atomic mass is 16.1. The predicted molar refractivity (Wildman–Crippen MR) is 74.3 cm³/mol. The number of hydrogen-bond donors (Lipinski definition) is 2. The molecule has 0 aliphatic rings. The average molecular weight is 259 g/mol. The lowest BCUT2D eigenvalue weighted by atomic mass is 10.2. The summed E-state index contributed by atoms with van der Waals surface area (Å²) in [6.45, 7) is 4.64. The van der Waals surface area contributed by atoms with Crippen LogP contribution < -0.4 is 10.6 Å². The van der Waals surface area contributed by atoms with Gasteiger partial charge in [-0.2, -0.15) is 5.10 Å². The zero-order valence-electron chi connectivity index (χ0n) is 11.3. The van der Waals surface area contributed by atoms with Gasteiger partial charge in [-0.05, 0) is 26.0 Å². The lowest BCUT2D eigenvalue weighted by molar-refractivity contribution is 0.102. The Balaban J connectivity index is 2.09. The van der Waals surface area contributed by atoms with Crippen LogP contribution in [-0.4, -0.2) is 27.2 Å². The first-order valence-electron chi connectivity index (χ1n) is 6.11. The Morgan fingerprint density at radius 3 is 2.74 bits per heavy atom. The third kappa shape index (κ3) is 3.09. The van der Waals surface area contributed by atoms with E-state index in [0.29, 0.717) is 11.3 Å². The van der Waals surface area contributed by atoms with Crippen molar-refractivity contribution in [1.29, 1.82) is 0 Å². The highest BCUT2D eigenvalue weighted by Gasteiger charge is 2.10. The first kappa shape index (κ1) is 13.1. The Morgan fingerprint density at radius 1 is 1.42 bits per heavy atom. The number of nitrogens with one attached hydrogen (secondary N) is 2. The summed E-state index contributed by atoms with van der Waals surface area (Å²) in [5.74, 6) is 0.572. The molecule has 2 N–H and O–H groups in total. The van der Waals surface area contributed by atoms with Crippen molar-refractivity contribution in [2.24, 2.45) is 7.05 Å². The highest BCUT2D eigenvalue weighted by Crippen LogP contribution is 2.13. The smallest absolute Gasteiger partial charge is 0.257 e. The van der Waals surface area contributed by atoms with E-state index in [1.54, 1.807) is 29.2 Å².